The number of rotatable bonds is 6. The lowest BCUT2D eigenvalue weighted by Crippen LogP contribution is -2.36. The highest BCUT2D eigenvalue weighted by Gasteiger charge is 2.07. The Hall–Kier alpha value is -1.79. The summed E-state index contributed by atoms with van der Waals surface area (Å²) in [5.41, 5.74) is 1.24. The second-order valence-electron chi connectivity index (χ2n) is 3.86. The first-order valence-corrected chi connectivity index (χ1v) is 5.66. The van der Waals surface area contributed by atoms with Gasteiger partial charge in [0, 0.05) is 13.6 Å². The Labute approximate surface area is 103 Å². The Kier molecular flexibility index (Phi) is 5.84. The van der Waals surface area contributed by atoms with Crippen LogP contribution >= 0.6 is 0 Å². The molecule has 0 spiro atoms. The summed E-state index contributed by atoms with van der Waals surface area (Å²) in [5.74, 6) is 2.50. The molecule has 0 aliphatic heterocycles. The molecule has 0 atom stereocenters. The molecule has 1 aromatic carbocycles. The molecule has 0 aromatic heterocycles. The van der Waals surface area contributed by atoms with Crippen LogP contribution in [0.15, 0.2) is 30.3 Å². The van der Waals surface area contributed by atoms with Gasteiger partial charge in [-0.1, -0.05) is 36.3 Å². The summed E-state index contributed by atoms with van der Waals surface area (Å²) < 4.78 is 0. The average Bonchev–Trinajstić information content (AvgIpc) is 2.37. The minimum Gasteiger partial charge on any atom is -0.344 e. The van der Waals surface area contributed by atoms with E-state index in [4.69, 9.17) is 6.42 Å². The molecule has 0 aliphatic carbocycles. The summed E-state index contributed by atoms with van der Waals surface area (Å²) in [5, 5.41) is 2.89. The number of likely N-dealkylation sites (N-methyl/N-ethyl adjacent to an activating group) is 1. The van der Waals surface area contributed by atoms with Crippen LogP contribution < -0.4 is 5.32 Å². The van der Waals surface area contributed by atoms with Crippen LogP contribution in [0.25, 0.3) is 0 Å². The van der Waals surface area contributed by atoms with Gasteiger partial charge in [0.2, 0.25) is 5.91 Å². The maximum atomic E-state index is 11.6. The zero-order valence-corrected chi connectivity index (χ0v) is 10.1. The van der Waals surface area contributed by atoms with E-state index >= 15 is 0 Å². The number of hydrogen-bond acceptors (Lipinski definition) is 2. The second-order valence-corrected chi connectivity index (χ2v) is 3.86. The minimum absolute atomic E-state index is 0.0659. The fourth-order valence-electron chi connectivity index (χ4n) is 1.44. The third-order valence-corrected chi connectivity index (χ3v) is 2.51. The number of benzene rings is 1. The van der Waals surface area contributed by atoms with E-state index in [1.807, 2.05) is 25.2 Å². The molecule has 0 saturated heterocycles. The van der Waals surface area contributed by atoms with Crippen molar-refractivity contribution in [2.45, 2.75) is 6.42 Å². The number of nitrogens with one attached hydrogen (secondary N) is 1. The highest BCUT2D eigenvalue weighted by molar-refractivity contribution is 5.77. The van der Waals surface area contributed by atoms with E-state index in [0.29, 0.717) is 13.1 Å². The van der Waals surface area contributed by atoms with Gasteiger partial charge in [-0.25, -0.2) is 0 Å². The van der Waals surface area contributed by atoms with Crippen LogP contribution in [0.1, 0.15) is 5.56 Å². The molecule has 17 heavy (non-hydrogen) atoms. The molecule has 90 valence electrons. The number of hydrogen-bond donors (Lipinski definition) is 1. The number of carbonyl (C=O) groups excluding carboxylic acids is 1. The van der Waals surface area contributed by atoms with Gasteiger partial charge in [-0.05, 0) is 12.0 Å². The van der Waals surface area contributed by atoms with Gasteiger partial charge in [0.1, 0.15) is 0 Å². The van der Waals surface area contributed by atoms with Crippen molar-refractivity contribution in [3.05, 3.63) is 35.9 Å². The Bertz CT molecular complexity index is 381. The van der Waals surface area contributed by atoms with Crippen LogP contribution in [0.4, 0.5) is 0 Å². The molecule has 3 nitrogen and oxygen atoms in total. The van der Waals surface area contributed by atoms with E-state index in [1.54, 1.807) is 4.90 Å². The molecular weight excluding hydrogens is 212 g/mol. The lowest BCUT2D eigenvalue weighted by molar-refractivity contribution is -0.128. The van der Waals surface area contributed by atoms with Crippen LogP contribution in [0.5, 0.6) is 0 Å². The van der Waals surface area contributed by atoms with Gasteiger partial charge in [0.15, 0.2) is 0 Å². The number of carbonyl (C=O) groups is 1. The lowest BCUT2D eigenvalue weighted by atomic mass is 10.1. The molecule has 0 heterocycles. The maximum Gasteiger partial charge on any atom is 0.236 e. The van der Waals surface area contributed by atoms with Crippen molar-refractivity contribution in [2.24, 2.45) is 0 Å². The molecule has 0 bridgehead atoms. The Morgan fingerprint density at radius 1 is 1.41 bits per heavy atom. The van der Waals surface area contributed by atoms with E-state index in [-0.39, 0.29) is 5.91 Å². The summed E-state index contributed by atoms with van der Waals surface area (Å²) in [7, 11) is 1.81. The first-order valence-electron chi connectivity index (χ1n) is 5.66. The molecule has 0 saturated carbocycles. The summed E-state index contributed by atoms with van der Waals surface area (Å²) in [6.45, 7) is 1.45. The van der Waals surface area contributed by atoms with E-state index in [0.717, 1.165) is 13.0 Å². The van der Waals surface area contributed by atoms with Gasteiger partial charge < -0.3 is 4.90 Å². The zero-order valence-electron chi connectivity index (χ0n) is 10.1. The molecule has 1 N–H and O–H groups in total. The van der Waals surface area contributed by atoms with Gasteiger partial charge in [-0.3, -0.25) is 10.1 Å². The smallest absolute Gasteiger partial charge is 0.236 e. The van der Waals surface area contributed by atoms with Gasteiger partial charge in [0.25, 0.3) is 0 Å². The Balaban J connectivity index is 2.27. The van der Waals surface area contributed by atoms with Gasteiger partial charge in [-0.15, -0.1) is 6.42 Å². The standard InChI is InChI=1S/C14H18N2O/c1-3-10-15-12-14(17)16(2)11-9-13-7-5-4-6-8-13/h1,4-8,15H,9-12H2,2H3. The topological polar surface area (TPSA) is 32.3 Å². The van der Waals surface area contributed by atoms with Crippen LogP contribution in [-0.4, -0.2) is 37.5 Å². The highest BCUT2D eigenvalue weighted by atomic mass is 16.2. The Morgan fingerprint density at radius 2 is 2.12 bits per heavy atom. The number of nitrogens with zero attached hydrogens (tertiary/aromatic N) is 1. The van der Waals surface area contributed by atoms with Crippen molar-refractivity contribution in [3.63, 3.8) is 0 Å². The van der Waals surface area contributed by atoms with Crippen molar-refractivity contribution >= 4 is 5.91 Å². The van der Waals surface area contributed by atoms with Crippen molar-refractivity contribution in [3.8, 4) is 12.3 Å². The fraction of sp³-hybridized carbons (Fsp3) is 0.357. The van der Waals surface area contributed by atoms with Crippen LogP contribution in [0.3, 0.4) is 0 Å². The molecule has 1 aromatic rings. The van der Waals surface area contributed by atoms with E-state index in [1.165, 1.54) is 5.56 Å². The second kappa shape index (κ2) is 7.48. The van der Waals surface area contributed by atoms with Gasteiger partial charge in [0.05, 0.1) is 13.1 Å². The number of amides is 1. The first kappa shape index (κ1) is 13.3. The Morgan fingerprint density at radius 3 is 2.76 bits per heavy atom. The van der Waals surface area contributed by atoms with E-state index in [2.05, 4.69) is 23.4 Å². The van der Waals surface area contributed by atoms with Gasteiger partial charge in [-0.2, -0.15) is 0 Å². The SMILES string of the molecule is C#CCNCC(=O)N(C)CCc1ccccc1. The molecule has 1 amide bonds. The summed E-state index contributed by atoms with van der Waals surface area (Å²) in [4.78, 5) is 13.4. The highest BCUT2D eigenvalue weighted by Crippen LogP contribution is 2.00. The normalized spacial score (nSPS) is 9.65. The molecule has 0 radical (unpaired) electrons. The zero-order chi connectivity index (χ0) is 12.5. The molecule has 3 heteroatoms. The van der Waals surface area contributed by atoms with E-state index in [9.17, 15) is 4.79 Å². The fourth-order valence-corrected chi connectivity index (χ4v) is 1.44. The average molecular weight is 230 g/mol. The summed E-state index contributed by atoms with van der Waals surface area (Å²) >= 11 is 0. The van der Waals surface area contributed by atoms with Crippen molar-refractivity contribution in [1.29, 1.82) is 0 Å². The van der Waals surface area contributed by atoms with Crippen LogP contribution in [0, 0.1) is 12.3 Å². The van der Waals surface area contributed by atoms with Crippen LogP contribution in [0.2, 0.25) is 0 Å². The largest absolute Gasteiger partial charge is 0.344 e. The first-order chi connectivity index (χ1) is 8.24. The predicted octanol–water partition coefficient (Wildman–Crippen LogP) is 0.910. The lowest BCUT2D eigenvalue weighted by Gasteiger charge is -2.17. The predicted molar refractivity (Wildman–Crippen MR) is 69.5 cm³/mol. The summed E-state index contributed by atoms with van der Waals surface area (Å²) in [6, 6.07) is 10.1. The third-order valence-electron chi connectivity index (χ3n) is 2.51. The third kappa shape index (κ3) is 5.19. The van der Waals surface area contributed by atoms with Gasteiger partial charge >= 0.3 is 0 Å². The van der Waals surface area contributed by atoms with Crippen molar-refractivity contribution in [1.82, 2.24) is 10.2 Å². The van der Waals surface area contributed by atoms with Crippen molar-refractivity contribution in [2.75, 3.05) is 26.7 Å². The quantitative estimate of drug-likeness (QED) is 0.582. The van der Waals surface area contributed by atoms with E-state index < -0.39 is 0 Å². The summed E-state index contributed by atoms with van der Waals surface area (Å²) in [6.07, 6.45) is 5.96. The molecule has 1 rings (SSSR count). The molecule has 0 unspecified atom stereocenters. The molecule has 0 aliphatic rings. The van der Waals surface area contributed by atoms with Crippen LogP contribution in [-0.2, 0) is 11.2 Å². The monoisotopic (exact) mass is 230 g/mol. The minimum atomic E-state index is 0.0659. The number of terminal acetylenes is 1. The molecular formula is C14H18N2O. The van der Waals surface area contributed by atoms with Crippen molar-refractivity contribution < 1.29 is 4.79 Å². The maximum absolute atomic E-state index is 11.6. The molecule has 0 fully saturated rings.